The Balaban J connectivity index is 2.01. The minimum atomic E-state index is -2.17. The number of nitrogens with zero attached hydrogens (tertiary/aromatic N) is 1. The zero-order valence-electron chi connectivity index (χ0n) is 23.9. The first kappa shape index (κ1) is 28.4. The van der Waals surface area contributed by atoms with Crippen molar-refractivity contribution < 1.29 is 28.2 Å². The zero-order chi connectivity index (χ0) is 26.6. The Labute approximate surface area is 213 Å². The van der Waals surface area contributed by atoms with Gasteiger partial charge in [0, 0.05) is 25.3 Å². The largest absolute Gasteiger partial charge is 0.459 e. The lowest BCUT2D eigenvalue weighted by molar-refractivity contribution is -0.218. The minimum Gasteiger partial charge on any atom is -0.459 e. The highest BCUT2D eigenvalue weighted by atomic mass is 28.4. The average Bonchev–Trinajstić information content (AvgIpc) is 3.01. The molecule has 7 nitrogen and oxygen atoms in total. The molecule has 7 atom stereocenters. The van der Waals surface area contributed by atoms with Crippen LogP contribution in [0.4, 0.5) is 4.79 Å². The lowest BCUT2D eigenvalue weighted by Crippen LogP contribution is -2.61. The first-order valence-corrected chi connectivity index (χ1v) is 16.3. The standard InChI is InChI=1S/C27H49NO6Si/c1-17-13-20(31-22(29)14-17)23-21(34-35(10,11)26(7,8)9)15-27(32-23)19(3)12-18(2)16-28(27)24(30)33-25(4,5)6/h17-21,23H,12-16H2,1-11H3/t17-,18+,19-,20+,21+,23+,27-/m1/s1. The third kappa shape index (κ3) is 6.07. The number of piperidine rings is 1. The van der Waals surface area contributed by atoms with Crippen LogP contribution in [-0.4, -0.2) is 61.5 Å². The number of rotatable bonds is 3. The van der Waals surface area contributed by atoms with Crippen molar-refractivity contribution in [2.75, 3.05) is 6.54 Å². The molecular formula is C27H49NO6Si. The van der Waals surface area contributed by atoms with Crippen molar-refractivity contribution in [2.45, 2.75) is 136 Å². The van der Waals surface area contributed by atoms with E-state index in [9.17, 15) is 9.59 Å². The maximum atomic E-state index is 13.5. The maximum absolute atomic E-state index is 13.5. The third-order valence-corrected chi connectivity index (χ3v) is 12.8. The van der Waals surface area contributed by atoms with Gasteiger partial charge in [-0.2, -0.15) is 0 Å². The smallest absolute Gasteiger partial charge is 0.412 e. The van der Waals surface area contributed by atoms with Crippen molar-refractivity contribution in [3.8, 4) is 0 Å². The second-order valence-corrected chi connectivity index (χ2v) is 18.7. The van der Waals surface area contributed by atoms with Crippen LogP contribution in [0.5, 0.6) is 0 Å². The summed E-state index contributed by atoms with van der Waals surface area (Å²) in [5.74, 6) is 0.462. The molecule has 0 N–H and O–H groups in total. The van der Waals surface area contributed by atoms with Crippen LogP contribution in [0.15, 0.2) is 0 Å². The normalized spacial score (nSPS) is 36.9. The molecule has 35 heavy (non-hydrogen) atoms. The molecule has 0 aromatic rings. The molecular weight excluding hydrogens is 462 g/mol. The fourth-order valence-corrected chi connectivity index (χ4v) is 6.93. The number of carbonyl (C=O) groups is 2. The molecule has 0 aliphatic carbocycles. The van der Waals surface area contributed by atoms with Crippen LogP contribution >= 0.6 is 0 Å². The first-order valence-electron chi connectivity index (χ1n) is 13.4. The number of esters is 1. The molecule has 0 radical (unpaired) electrons. The van der Waals surface area contributed by atoms with E-state index in [1.165, 1.54) is 0 Å². The minimum absolute atomic E-state index is 0.0153. The number of hydrogen-bond acceptors (Lipinski definition) is 6. The molecule has 1 amide bonds. The van der Waals surface area contributed by atoms with Crippen molar-refractivity contribution in [3.05, 3.63) is 0 Å². The predicted octanol–water partition coefficient (Wildman–Crippen LogP) is 6.12. The van der Waals surface area contributed by atoms with Crippen LogP contribution < -0.4 is 0 Å². The summed E-state index contributed by atoms with van der Waals surface area (Å²) in [6, 6.07) is 0. The summed E-state index contributed by atoms with van der Waals surface area (Å²) in [5.41, 5.74) is -1.45. The van der Waals surface area contributed by atoms with E-state index in [0.717, 1.165) is 12.8 Å². The highest BCUT2D eigenvalue weighted by Gasteiger charge is 2.61. The molecule has 3 aliphatic heterocycles. The average molecular weight is 512 g/mol. The highest BCUT2D eigenvalue weighted by molar-refractivity contribution is 6.74. The molecule has 8 heteroatoms. The summed E-state index contributed by atoms with van der Waals surface area (Å²) in [6.07, 6.45) is 1.25. The summed E-state index contributed by atoms with van der Waals surface area (Å²) in [4.78, 5) is 27.7. The van der Waals surface area contributed by atoms with Crippen LogP contribution in [0.2, 0.25) is 18.1 Å². The Morgan fingerprint density at radius 3 is 2.23 bits per heavy atom. The van der Waals surface area contributed by atoms with Gasteiger partial charge < -0.3 is 18.6 Å². The van der Waals surface area contributed by atoms with Crippen molar-refractivity contribution >= 4 is 20.4 Å². The molecule has 1 spiro atoms. The van der Waals surface area contributed by atoms with E-state index < -0.39 is 25.7 Å². The second kappa shape index (κ2) is 9.64. The number of cyclic esters (lactones) is 1. The molecule has 3 heterocycles. The fourth-order valence-electron chi connectivity index (χ4n) is 5.61. The van der Waals surface area contributed by atoms with Crippen molar-refractivity contribution in [3.63, 3.8) is 0 Å². The van der Waals surface area contributed by atoms with Crippen molar-refractivity contribution in [1.82, 2.24) is 4.90 Å². The maximum Gasteiger partial charge on any atom is 0.412 e. The number of carbonyl (C=O) groups excluding carboxylic acids is 2. The second-order valence-electron chi connectivity index (χ2n) is 14.0. The molecule has 202 valence electrons. The molecule has 0 aromatic carbocycles. The summed E-state index contributed by atoms with van der Waals surface area (Å²) >= 11 is 0. The van der Waals surface area contributed by atoms with E-state index in [1.807, 2.05) is 25.7 Å². The van der Waals surface area contributed by atoms with Gasteiger partial charge in [0.15, 0.2) is 14.0 Å². The van der Waals surface area contributed by atoms with Gasteiger partial charge >= 0.3 is 12.1 Å². The summed E-state index contributed by atoms with van der Waals surface area (Å²) < 4.78 is 25.7. The van der Waals surface area contributed by atoms with E-state index in [1.54, 1.807) is 0 Å². The van der Waals surface area contributed by atoms with E-state index >= 15 is 0 Å². The van der Waals surface area contributed by atoms with Gasteiger partial charge in [0.2, 0.25) is 0 Å². The van der Waals surface area contributed by atoms with Crippen LogP contribution in [0.3, 0.4) is 0 Å². The molecule has 0 aromatic heterocycles. The molecule has 3 rings (SSSR count). The van der Waals surface area contributed by atoms with Gasteiger partial charge in [-0.05, 0) is 63.6 Å². The Morgan fingerprint density at radius 2 is 1.69 bits per heavy atom. The molecule has 0 unspecified atom stereocenters. The van der Waals surface area contributed by atoms with Gasteiger partial charge in [0.1, 0.15) is 17.8 Å². The zero-order valence-corrected chi connectivity index (χ0v) is 24.9. The van der Waals surface area contributed by atoms with E-state index in [-0.39, 0.29) is 41.1 Å². The monoisotopic (exact) mass is 511 g/mol. The van der Waals surface area contributed by atoms with Gasteiger partial charge in [-0.3, -0.25) is 9.69 Å². The van der Waals surface area contributed by atoms with Crippen molar-refractivity contribution in [2.24, 2.45) is 17.8 Å². The van der Waals surface area contributed by atoms with Crippen LogP contribution in [0, 0.1) is 17.8 Å². The predicted molar refractivity (Wildman–Crippen MR) is 138 cm³/mol. The Morgan fingerprint density at radius 1 is 1.06 bits per heavy atom. The Bertz CT molecular complexity index is 802. The topological polar surface area (TPSA) is 74.3 Å². The van der Waals surface area contributed by atoms with Crippen LogP contribution in [0.25, 0.3) is 0 Å². The third-order valence-electron chi connectivity index (χ3n) is 8.34. The van der Waals surface area contributed by atoms with Crippen LogP contribution in [0.1, 0.15) is 88.0 Å². The fraction of sp³-hybridized carbons (Fsp3) is 0.926. The SMILES string of the molecule is C[C@H]1CC(=O)O[C@H]([C@@H]2O[C@]3(C[C@@H]2O[Si](C)(C)C(C)(C)C)[C@H](C)C[C@H](C)CN3C(=O)OC(C)(C)C)C1. The lowest BCUT2D eigenvalue weighted by atomic mass is 9.80. The number of likely N-dealkylation sites (tertiary alicyclic amines) is 1. The van der Waals surface area contributed by atoms with Gasteiger partial charge in [-0.1, -0.05) is 41.5 Å². The van der Waals surface area contributed by atoms with Gasteiger partial charge in [-0.15, -0.1) is 0 Å². The van der Waals surface area contributed by atoms with Gasteiger partial charge in [0.25, 0.3) is 0 Å². The van der Waals surface area contributed by atoms with Gasteiger partial charge in [0.05, 0.1) is 6.10 Å². The molecule has 0 saturated carbocycles. The quantitative estimate of drug-likeness (QED) is 0.336. The highest BCUT2D eigenvalue weighted by Crippen LogP contribution is 2.50. The van der Waals surface area contributed by atoms with Crippen LogP contribution in [-0.2, 0) is 23.4 Å². The van der Waals surface area contributed by atoms with Gasteiger partial charge in [-0.25, -0.2) is 4.79 Å². The number of amides is 1. The summed E-state index contributed by atoms with van der Waals surface area (Å²) in [6.45, 7) is 23.8. The Hall–Kier alpha value is -1.12. The number of hydrogen-bond donors (Lipinski definition) is 0. The first-order chi connectivity index (χ1) is 15.8. The van der Waals surface area contributed by atoms with E-state index in [2.05, 4.69) is 54.6 Å². The lowest BCUT2D eigenvalue weighted by Gasteiger charge is -2.50. The van der Waals surface area contributed by atoms with E-state index in [0.29, 0.717) is 25.3 Å². The molecule has 3 aliphatic rings. The molecule has 0 bridgehead atoms. The Kier molecular flexibility index (Phi) is 7.83. The van der Waals surface area contributed by atoms with E-state index in [4.69, 9.17) is 18.6 Å². The molecule has 3 fully saturated rings. The summed E-state index contributed by atoms with van der Waals surface area (Å²) in [5, 5.41) is 0.0153. The molecule has 3 saturated heterocycles. The summed E-state index contributed by atoms with van der Waals surface area (Å²) in [7, 11) is -2.17. The van der Waals surface area contributed by atoms with Crippen molar-refractivity contribution in [1.29, 1.82) is 0 Å². The number of ether oxygens (including phenoxy) is 3.